The summed E-state index contributed by atoms with van der Waals surface area (Å²) in [7, 11) is -1.98. The summed E-state index contributed by atoms with van der Waals surface area (Å²) in [4.78, 5) is 23.3. The molecule has 2 N–H and O–H groups in total. The molecular formula is C20H28FNO4Si. The van der Waals surface area contributed by atoms with Gasteiger partial charge in [0.1, 0.15) is 11.7 Å². The zero-order valence-corrected chi connectivity index (χ0v) is 17.6. The van der Waals surface area contributed by atoms with Crippen molar-refractivity contribution in [2.24, 2.45) is 5.92 Å². The number of hydrogen-bond donors (Lipinski definition) is 2. The summed E-state index contributed by atoms with van der Waals surface area (Å²) in [5.74, 6) is -4.13. The number of hydrogen-bond acceptors (Lipinski definition) is 3. The van der Waals surface area contributed by atoms with Crippen molar-refractivity contribution in [1.82, 2.24) is 5.32 Å². The highest BCUT2D eigenvalue weighted by atomic mass is 28.4. The number of benzene rings is 1. The number of fused-ring (bicyclic) bond motifs is 1. The quantitative estimate of drug-likeness (QED) is 0.603. The smallest absolute Gasteiger partial charge is 0.316 e. The molecule has 1 aliphatic heterocycles. The largest absolute Gasteiger partial charge is 0.481 e. The van der Waals surface area contributed by atoms with Crippen LogP contribution < -0.4 is 5.32 Å². The van der Waals surface area contributed by atoms with Crippen LogP contribution in [0.1, 0.15) is 55.9 Å². The maximum atomic E-state index is 14.9. The highest BCUT2D eigenvalue weighted by molar-refractivity contribution is 6.74. The average Bonchev–Trinajstić information content (AvgIpc) is 3.09. The Kier molecular flexibility index (Phi) is 4.97. The lowest BCUT2D eigenvalue weighted by Gasteiger charge is -2.38. The van der Waals surface area contributed by atoms with E-state index in [9.17, 15) is 19.1 Å². The molecule has 27 heavy (non-hydrogen) atoms. The summed E-state index contributed by atoms with van der Waals surface area (Å²) in [6.07, 6.45) is 1.45. The maximum Gasteiger partial charge on any atom is 0.316 e. The normalized spacial score (nSPS) is 25.4. The van der Waals surface area contributed by atoms with Gasteiger partial charge in [-0.25, -0.2) is 4.39 Å². The first-order valence-corrected chi connectivity index (χ1v) is 12.3. The second-order valence-corrected chi connectivity index (χ2v) is 13.9. The molecule has 7 heteroatoms. The minimum atomic E-state index is -1.98. The lowest BCUT2D eigenvalue weighted by molar-refractivity contribution is -0.145. The van der Waals surface area contributed by atoms with E-state index in [0.29, 0.717) is 5.56 Å². The van der Waals surface area contributed by atoms with Gasteiger partial charge in [-0.15, -0.1) is 0 Å². The molecule has 3 atom stereocenters. The van der Waals surface area contributed by atoms with Gasteiger partial charge in [0, 0.05) is 12.5 Å². The Hall–Kier alpha value is -1.73. The van der Waals surface area contributed by atoms with Crippen LogP contribution in [0.4, 0.5) is 4.39 Å². The summed E-state index contributed by atoms with van der Waals surface area (Å²) < 4.78 is 21.4. The first-order chi connectivity index (χ1) is 12.4. The number of carbonyl (C=O) groups excluding carboxylic acids is 1. The SMILES string of the molecule is CC(C)(C)[Si](C)(C)OC1CCc2cc([C@@H]3CNC(=O)[C@H]3C(=O)O)c(F)cc21. The lowest BCUT2D eigenvalue weighted by Crippen LogP contribution is -2.41. The Morgan fingerprint density at radius 3 is 2.56 bits per heavy atom. The van der Waals surface area contributed by atoms with Crippen molar-refractivity contribution in [2.45, 2.75) is 63.8 Å². The summed E-state index contributed by atoms with van der Waals surface area (Å²) in [5.41, 5.74) is 2.18. The van der Waals surface area contributed by atoms with Crippen molar-refractivity contribution in [3.05, 3.63) is 34.6 Å². The molecule has 0 radical (unpaired) electrons. The molecule has 1 aromatic rings. The van der Waals surface area contributed by atoms with Crippen LogP contribution in [-0.4, -0.2) is 31.8 Å². The lowest BCUT2D eigenvalue weighted by atomic mass is 9.86. The summed E-state index contributed by atoms with van der Waals surface area (Å²) in [6.45, 7) is 11.0. The van der Waals surface area contributed by atoms with Crippen molar-refractivity contribution in [2.75, 3.05) is 6.54 Å². The van der Waals surface area contributed by atoms with Gasteiger partial charge in [-0.3, -0.25) is 9.59 Å². The molecule has 148 valence electrons. The van der Waals surface area contributed by atoms with Gasteiger partial charge < -0.3 is 14.8 Å². The molecule has 0 bridgehead atoms. The second kappa shape index (κ2) is 6.70. The van der Waals surface area contributed by atoms with E-state index in [1.54, 1.807) is 6.07 Å². The molecule has 2 aliphatic rings. The van der Waals surface area contributed by atoms with Gasteiger partial charge in [0.15, 0.2) is 8.32 Å². The zero-order chi connectivity index (χ0) is 20.1. The van der Waals surface area contributed by atoms with Gasteiger partial charge in [0.25, 0.3) is 0 Å². The van der Waals surface area contributed by atoms with E-state index in [-0.39, 0.29) is 17.7 Å². The molecule has 0 saturated carbocycles. The Morgan fingerprint density at radius 1 is 1.30 bits per heavy atom. The van der Waals surface area contributed by atoms with E-state index in [2.05, 4.69) is 39.2 Å². The predicted molar refractivity (Wildman–Crippen MR) is 103 cm³/mol. The van der Waals surface area contributed by atoms with E-state index in [1.165, 1.54) is 6.07 Å². The van der Waals surface area contributed by atoms with Crippen molar-refractivity contribution in [3.63, 3.8) is 0 Å². The van der Waals surface area contributed by atoms with Crippen LogP contribution in [-0.2, 0) is 20.4 Å². The fraction of sp³-hybridized carbons (Fsp3) is 0.600. The number of rotatable bonds is 4. The Bertz CT molecular complexity index is 787. The molecule has 0 spiro atoms. The third-order valence-corrected chi connectivity index (χ3v) is 10.9. The molecule has 0 aromatic heterocycles. The van der Waals surface area contributed by atoms with Crippen LogP contribution in [0, 0.1) is 11.7 Å². The summed E-state index contributed by atoms with van der Waals surface area (Å²) in [5, 5.41) is 12.0. The summed E-state index contributed by atoms with van der Waals surface area (Å²) in [6, 6.07) is 3.25. The Morgan fingerprint density at radius 2 is 1.96 bits per heavy atom. The number of carboxylic acids is 1. The number of aryl methyl sites for hydroxylation is 1. The molecule has 1 heterocycles. The van der Waals surface area contributed by atoms with Crippen molar-refractivity contribution < 1.29 is 23.5 Å². The predicted octanol–water partition coefficient (Wildman–Crippen LogP) is 3.75. The first-order valence-electron chi connectivity index (χ1n) is 9.43. The molecular weight excluding hydrogens is 365 g/mol. The average molecular weight is 394 g/mol. The minimum absolute atomic E-state index is 0.0683. The van der Waals surface area contributed by atoms with Gasteiger partial charge >= 0.3 is 5.97 Å². The molecule has 3 rings (SSSR count). The Balaban J connectivity index is 1.90. The summed E-state index contributed by atoms with van der Waals surface area (Å²) >= 11 is 0. The van der Waals surface area contributed by atoms with E-state index < -0.39 is 37.8 Å². The van der Waals surface area contributed by atoms with Crippen molar-refractivity contribution in [3.8, 4) is 0 Å². The molecule has 1 unspecified atom stereocenters. The fourth-order valence-corrected chi connectivity index (χ4v) is 5.05. The van der Waals surface area contributed by atoms with E-state index in [1.807, 2.05) is 0 Å². The van der Waals surface area contributed by atoms with Crippen molar-refractivity contribution >= 4 is 20.2 Å². The van der Waals surface area contributed by atoms with Crippen LogP contribution in [0.25, 0.3) is 0 Å². The van der Waals surface area contributed by atoms with Crippen LogP contribution in [0.5, 0.6) is 0 Å². The van der Waals surface area contributed by atoms with E-state index >= 15 is 0 Å². The number of aliphatic carboxylic acids is 1. The van der Waals surface area contributed by atoms with E-state index in [4.69, 9.17) is 4.43 Å². The van der Waals surface area contributed by atoms with Gasteiger partial charge in [-0.2, -0.15) is 0 Å². The van der Waals surface area contributed by atoms with Gasteiger partial charge in [-0.05, 0) is 53.7 Å². The number of amides is 1. The molecule has 1 fully saturated rings. The van der Waals surface area contributed by atoms with Gasteiger partial charge in [0.05, 0.1) is 6.10 Å². The van der Waals surface area contributed by atoms with E-state index in [0.717, 1.165) is 24.0 Å². The molecule has 5 nitrogen and oxygen atoms in total. The first kappa shape index (κ1) is 20.0. The third kappa shape index (κ3) is 3.54. The molecule has 1 amide bonds. The number of nitrogens with one attached hydrogen (secondary N) is 1. The number of carbonyl (C=O) groups is 2. The van der Waals surface area contributed by atoms with Crippen LogP contribution in [0.15, 0.2) is 12.1 Å². The topological polar surface area (TPSA) is 75.6 Å². The zero-order valence-electron chi connectivity index (χ0n) is 16.6. The Labute approximate surface area is 160 Å². The minimum Gasteiger partial charge on any atom is -0.481 e. The van der Waals surface area contributed by atoms with Crippen LogP contribution in [0.3, 0.4) is 0 Å². The fourth-order valence-electron chi connectivity index (χ4n) is 3.74. The van der Waals surface area contributed by atoms with Crippen LogP contribution >= 0.6 is 0 Å². The monoisotopic (exact) mass is 393 g/mol. The third-order valence-electron chi connectivity index (χ3n) is 6.37. The molecule has 1 aliphatic carbocycles. The molecule has 1 saturated heterocycles. The van der Waals surface area contributed by atoms with Gasteiger partial charge in [0.2, 0.25) is 5.91 Å². The number of carboxylic acid groups (broad SMARTS) is 1. The van der Waals surface area contributed by atoms with Crippen LogP contribution in [0.2, 0.25) is 18.1 Å². The standard InChI is InChI=1S/C20H28FNO4Si/c1-20(2,3)27(4,5)26-16-7-6-11-8-13(15(21)9-12(11)16)14-10-22-18(23)17(14)19(24)25/h8-9,14,16-17H,6-7,10H2,1-5H3,(H,22,23)(H,24,25)/t14-,16?,17-/m0/s1. The highest BCUT2D eigenvalue weighted by Gasteiger charge is 2.44. The maximum absolute atomic E-state index is 14.9. The highest BCUT2D eigenvalue weighted by Crippen LogP contribution is 2.45. The molecule has 1 aromatic carbocycles. The number of halogens is 1. The van der Waals surface area contributed by atoms with Gasteiger partial charge in [-0.1, -0.05) is 26.8 Å². The van der Waals surface area contributed by atoms with Crippen molar-refractivity contribution in [1.29, 1.82) is 0 Å². The second-order valence-electron chi connectivity index (χ2n) is 9.15.